The van der Waals surface area contributed by atoms with Crippen molar-refractivity contribution in [2.75, 3.05) is 6.54 Å². The van der Waals surface area contributed by atoms with Gasteiger partial charge in [0.1, 0.15) is 5.69 Å². The average Bonchev–Trinajstić information content (AvgIpc) is 2.64. The molecule has 1 amide bonds. The van der Waals surface area contributed by atoms with Crippen LogP contribution in [0.2, 0.25) is 0 Å². The van der Waals surface area contributed by atoms with E-state index in [4.69, 9.17) is 5.11 Å². The molecule has 1 aromatic heterocycles. The van der Waals surface area contributed by atoms with Crippen molar-refractivity contribution in [3.8, 4) is 0 Å². The Balaban J connectivity index is 2.42. The van der Waals surface area contributed by atoms with E-state index in [1.807, 2.05) is 6.92 Å². The van der Waals surface area contributed by atoms with Crippen LogP contribution < -0.4 is 5.32 Å². The van der Waals surface area contributed by atoms with E-state index < -0.39 is 11.4 Å². The normalized spacial score (nSPS) is 11.2. The van der Waals surface area contributed by atoms with Crippen molar-refractivity contribution in [2.24, 2.45) is 5.41 Å². The maximum atomic E-state index is 11.6. The molecule has 0 atom stereocenters. The Bertz CT molecular complexity index is 426. The fourth-order valence-corrected chi connectivity index (χ4v) is 1.75. The first-order chi connectivity index (χ1) is 7.83. The number of hydrogen-bond donors (Lipinski definition) is 2. The molecule has 6 heteroatoms. The summed E-state index contributed by atoms with van der Waals surface area (Å²) < 4.78 is 0. The highest BCUT2D eigenvalue weighted by Crippen LogP contribution is 2.19. The third-order valence-electron chi connectivity index (χ3n) is 2.47. The molecule has 0 aliphatic heterocycles. The summed E-state index contributed by atoms with van der Waals surface area (Å²) in [6, 6.07) is 0. The number of hydrogen-bond acceptors (Lipinski definition) is 4. The van der Waals surface area contributed by atoms with E-state index in [1.165, 1.54) is 11.3 Å². The van der Waals surface area contributed by atoms with Crippen LogP contribution in [0.3, 0.4) is 0 Å². The number of nitrogens with zero attached hydrogens (tertiary/aromatic N) is 1. The summed E-state index contributed by atoms with van der Waals surface area (Å²) in [7, 11) is 0. The number of aliphatic carboxylic acids is 1. The number of carbonyl (C=O) groups is 2. The zero-order valence-corrected chi connectivity index (χ0v) is 10.9. The van der Waals surface area contributed by atoms with Crippen LogP contribution in [0.5, 0.6) is 0 Å². The Morgan fingerprint density at radius 3 is 2.65 bits per heavy atom. The Hall–Kier alpha value is -1.43. The number of aromatic nitrogens is 1. The predicted octanol–water partition coefficient (Wildman–Crippen LogP) is 1.68. The van der Waals surface area contributed by atoms with E-state index in [0.717, 1.165) is 5.01 Å². The molecule has 0 aliphatic carbocycles. The van der Waals surface area contributed by atoms with Gasteiger partial charge >= 0.3 is 5.97 Å². The van der Waals surface area contributed by atoms with E-state index in [1.54, 1.807) is 19.2 Å². The largest absolute Gasteiger partial charge is 0.481 e. The first-order valence-electron chi connectivity index (χ1n) is 5.26. The molecule has 0 radical (unpaired) electrons. The molecule has 1 aromatic rings. The number of nitrogens with one attached hydrogen (secondary N) is 1. The molecule has 2 N–H and O–H groups in total. The molecule has 1 heterocycles. The predicted molar refractivity (Wildman–Crippen MR) is 65.2 cm³/mol. The second-order valence-corrected chi connectivity index (χ2v) is 5.51. The third-order valence-corrected chi connectivity index (χ3v) is 3.24. The van der Waals surface area contributed by atoms with Crippen molar-refractivity contribution < 1.29 is 14.7 Å². The number of carbonyl (C=O) groups excluding carboxylic acids is 1. The van der Waals surface area contributed by atoms with E-state index in [9.17, 15) is 9.59 Å². The summed E-state index contributed by atoms with van der Waals surface area (Å²) in [6.07, 6.45) is 0.386. The van der Waals surface area contributed by atoms with Crippen LogP contribution in [0, 0.1) is 12.3 Å². The standard InChI is InChI=1S/C11H16N2O3S/c1-7-13-8(6-17-7)9(14)12-5-4-11(2,3)10(15)16/h6H,4-5H2,1-3H3,(H,12,14)(H,15,16). The van der Waals surface area contributed by atoms with Crippen molar-refractivity contribution in [3.05, 3.63) is 16.1 Å². The highest BCUT2D eigenvalue weighted by molar-refractivity contribution is 7.09. The lowest BCUT2D eigenvalue weighted by molar-refractivity contribution is -0.147. The summed E-state index contributed by atoms with van der Waals surface area (Å²) in [4.78, 5) is 26.5. The van der Waals surface area contributed by atoms with Gasteiger partial charge in [-0.1, -0.05) is 0 Å². The molecular weight excluding hydrogens is 240 g/mol. The van der Waals surface area contributed by atoms with Gasteiger partial charge < -0.3 is 10.4 Å². The quantitative estimate of drug-likeness (QED) is 0.840. The monoisotopic (exact) mass is 256 g/mol. The summed E-state index contributed by atoms with van der Waals surface area (Å²) in [6.45, 7) is 5.42. The zero-order valence-electron chi connectivity index (χ0n) is 10.1. The maximum Gasteiger partial charge on any atom is 0.309 e. The zero-order chi connectivity index (χ0) is 13.1. The number of thiazole rings is 1. The van der Waals surface area contributed by atoms with Gasteiger partial charge in [-0.2, -0.15) is 0 Å². The number of carboxylic acids is 1. The molecule has 0 aromatic carbocycles. The van der Waals surface area contributed by atoms with Crippen LogP contribution in [0.25, 0.3) is 0 Å². The first kappa shape index (κ1) is 13.6. The van der Waals surface area contributed by atoms with Gasteiger partial charge in [0.15, 0.2) is 0 Å². The van der Waals surface area contributed by atoms with E-state index >= 15 is 0 Å². The molecule has 0 aliphatic rings. The average molecular weight is 256 g/mol. The second kappa shape index (κ2) is 5.27. The molecule has 1 rings (SSSR count). The minimum atomic E-state index is -0.865. The van der Waals surface area contributed by atoms with Gasteiger partial charge in [0.05, 0.1) is 10.4 Å². The van der Waals surface area contributed by atoms with Crippen LogP contribution in [0.4, 0.5) is 0 Å². The Morgan fingerprint density at radius 1 is 1.53 bits per heavy atom. The van der Waals surface area contributed by atoms with Crippen LogP contribution in [-0.2, 0) is 4.79 Å². The number of carboxylic acid groups (broad SMARTS) is 1. The second-order valence-electron chi connectivity index (χ2n) is 4.45. The molecule has 17 heavy (non-hydrogen) atoms. The van der Waals surface area contributed by atoms with Crippen LogP contribution in [-0.4, -0.2) is 28.5 Å². The van der Waals surface area contributed by atoms with Gasteiger partial charge in [-0.3, -0.25) is 9.59 Å². The number of amides is 1. The van der Waals surface area contributed by atoms with Crippen molar-refractivity contribution in [3.63, 3.8) is 0 Å². The lowest BCUT2D eigenvalue weighted by atomic mass is 9.90. The van der Waals surface area contributed by atoms with Crippen LogP contribution >= 0.6 is 11.3 Å². The van der Waals surface area contributed by atoms with Crippen molar-refractivity contribution in [2.45, 2.75) is 27.2 Å². The molecule has 0 saturated heterocycles. The van der Waals surface area contributed by atoms with Gasteiger partial charge in [0.25, 0.3) is 5.91 Å². The number of aryl methyl sites for hydroxylation is 1. The minimum Gasteiger partial charge on any atom is -0.481 e. The van der Waals surface area contributed by atoms with Crippen molar-refractivity contribution >= 4 is 23.2 Å². The van der Waals surface area contributed by atoms with E-state index in [0.29, 0.717) is 18.7 Å². The van der Waals surface area contributed by atoms with Gasteiger partial charge in [0, 0.05) is 11.9 Å². The Kier molecular flexibility index (Phi) is 4.22. The molecule has 0 fully saturated rings. The molecular formula is C11H16N2O3S. The van der Waals surface area contributed by atoms with Gasteiger partial charge in [-0.15, -0.1) is 11.3 Å². The van der Waals surface area contributed by atoms with E-state index in [2.05, 4.69) is 10.3 Å². The van der Waals surface area contributed by atoms with Gasteiger partial charge in [-0.05, 0) is 27.2 Å². The van der Waals surface area contributed by atoms with Crippen molar-refractivity contribution in [1.82, 2.24) is 10.3 Å². The third kappa shape index (κ3) is 3.81. The van der Waals surface area contributed by atoms with Crippen LogP contribution in [0.15, 0.2) is 5.38 Å². The highest BCUT2D eigenvalue weighted by Gasteiger charge is 2.26. The summed E-state index contributed by atoms with van der Waals surface area (Å²) in [5, 5.41) is 14.1. The summed E-state index contributed by atoms with van der Waals surface area (Å²) in [5.41, 5.74) is -0.439. The molecule has 94 valence electrons. The van der Waals surface area contributed by atoms with Crippen molar-refractivity contribution in [1.29, 1.82) is 0 Å². The first-order valence-corrected chi connectivity index (χ1v) is 6.14. The molecule has 0 spiro atoms. The highest BCUT2D eigenvalue weighted by atomic mass is 32.1. The molecule has 5 nitrogen and oxygen atoms in total. The molecule has 0 unspecified atom stereocenters. The fourth-order valence-electron chi connectivity index (χ4n) is 1.15. The maximum absolute atomic E-state index is 11.6. The molecule has 0 saturated carbocycles. The minimum absolute atomic E-state index is 0.254. The van der Waals surface area contributed by atoms with E-state index in [-0.39, 0.29) is 5.91 Å². The lowest BCUT2D eigenvalue weighted by Gasteiger charge is -2.18. The summed E-state index contributed by atoms with van der Waals surface area (Å²) >= 11 is 1.41. The fraction of sp³-hybridized carbons (Fsp3) is 0.545. The topological polar surface area (TPSA) is 79.3 Å². The SMILES string of the molecule is Cc1nc(C(=O)NCCC(C)(C)C(=O)O)cs1. The van der Waals surface area contributed by atoms with Gasteiger partial charge in [-0.25, -0.2) is 4.98 Å². The lowest BCUT2D eigenvalue weighted by Crippen LogP contribution is -2.32. The Morgan fingerprint density at radius 2 is 2.18 bits per heavy atom. The smallest absolute Gasteiger partial charge is 0.309 e. The number of rotatable bonds is 5. The van der Waals surface area contributed by atoms with Gasteiger partial charge in [0.2, 0.25) is 0 Å². The summed E-state index contributed by atoms with van der Waals surface area (Å²) in [5.74, 6) is -1.12. The Labute approximate surface area is 104 Å². The molecule has 0 bridgehead atoms. The van der Waals surface area contributed by atoms with Crippen LogP contribution in [0.1, 0.15) is 35.8 Å².